The van der Waals surface area contributed by atoms with Crippen molar-refractivity contribution in [1.29, 1.82) is 0 Å². The Hall–Kier alpha value is -2.14. The largest absolute Gasteiger partial charge is 0.462 e. The van der Waals surface area contributed by atoms with Gasteiger partial charge in [-0.2, -0.15) is 0 Å². The van der Waals surface area contributed by atoms with Gasteiger partial charge in [-0.15, -0.1) is 11.3 Å². The van der Waals surface area contributed by atoms with E-state index in [4.69, 9.17) is 4.74 Å². The fourth-order valence-electron chi connectivity index (χ4n) is 2.14. The van der Waals surface area contributed by atoms with Gasteiger partial charge in [0.2, 0.25) is 5.91 Å². The Morgan fingerprint density at radius 2 is 1.95 bits per heavy atom. The summed E-state index contributed by atoms with van der Waals surface area (Å²) in [6, 6.07) is 6.04. The molecule has 1 amide bonds. The van der Waals surface area contributed by atoms with Gasteiger partial charge in [0.25, 0.3) is 0 Å². The van der Waals surface area contributed by atoms with Gasteiger partial charge >= 0.3 is 5.97 Å². The molecule has 0 fully saturated rings. The summed E-state index contributed by atoms with van der Waals surface area (Å²) in [7, 11) is 0. The summed E-state index contributed by atoms with van der Waals surface area (Å²) >= 11 is 1.33. The quantitative estimate of drug-likeness (QED) is 0.861. The Labute approximate surface area is 134 Å². The second-order valence-corrected chi connectivity index (χ2v) is 5.93. The van der Waals surface area contributed by atoms with Gasteiger partial charge in [0.1, 0.15) is 10.6 Å². The molecule has 22 heavy (non-hydrogen) atoms. The minimum atomic E-state index is -0.416. The normalized spacial score (nSPS) is 10.4. The monoisotopic (exact) mass is 317 g/mol. The van der Waals surface area contributed by atoms with Crippen LogP contribution in [0.4, 0.5) is 5.00 Å². The predicted octanol–water partition coefficient (Wildman–Crippen LogP) is 4.17. The molecule has 0 aliphatic heterocycles. The van der Waals surface area contributed by atoms with Crippen LogP contribution in [0.15, 0.2) is 23.6 Å². The lowest BCUT2D eigenvalue weighted by atomic mass is 9.99. The van der Waals surface area contributed by atoms with Crippen molar-refractivity contribution in [2.75, 3.05) is 11.9 Å². The van der Waals surface area contributed by atoms with Crippen LogP contribution in [0.25, 0.3) is 11.1 Å². The molecule has 2 rings (SSSR count). The van der Waals surface area contributed by atoms with Crippen LogP contribution in [0.3, 0.4) is 0 Å². The van der Waals surface area contributed by atoms with Gasteiger partial charge in [-0.3, -0.25) is 4.79 Å². The van der Waals surface area contributed by atoms with Gasteiger partial charge in [-0.1, -0.05) is 18.2 Å². The SMILES string of the molecule is CCOC(=O)c1c(-c2ccc(C)c(C)c2)csc1NC(C)=O. The summed E-state index contributed by atoms with van der Waals surface area (Å²) in [6.45, 7) is 7.55. The van der Waals surface area contributed by atoms with Crippen LogP contribution in [0.2, 0.25) is 0 Å². The maximum atomic E-state index is 12.3. The van der Waals surface area contributed by atoms with Crippen molar-refractivity contribution < 1.29 is 14.3 Å². The highest BCUT2D eigenvalue weighted by molar-refractivity contribution is 7.15. The Morgan fingerprint density at radius 1 is 1.23 bits per heavy atom. The molecule has 0 saturated carbocycles. The summed E-state index contributed by atoms with van der Waals surface area (Å²) in [5, 5.41) is 5.11. The lowest BCUT2D eigenvalue weighted by molar-refractivity contribution is -0.114. The summed E-state index contributed by atoms with van der Waals surface area (Å²) in [6.07, 6.45) is 0. The molecule has 0 spiro atoms. The number of hydrogen-bond acceptors (Lipinski definition) is 4. The smallest absolute Gasteiger partial charge is 0.341 e. The zero-order valence-corrected chi connectivity index (χ0v) is 14.0. The molecule has 2 aromatic rings. The Kier molecular flexibility index (Phi) is 4.98. The third-order valence-corrected chi connectivity index (χ3v) is 4.27. The molecule has 0 bridgehead atoms. The molecule has 0 atom stereocenters. The maximum Gasteiger partial charge on any atom is 0.341 e. The van der Waals surface area contributed by atoms with Crippen LogP contribution in [-0.2, 0) is 9.53 Å². The van der Waals surface area contributed by atoms with Gasteiger partial charge in [0.05, 0.1) is 6.61 Å². The molecule has 0 aliphatic carbocycles. The zero-order valence-electron chi connectivity index (χ0n) is 13.1. The molecule has 5 heteroatoms. The molecular weight excluding hydrogens is 298 g/mol. The topological polar surface area (TPSA) is 55.4 Å². The van der Waals surface area contributed by atoms with Crippen molar-refractivity contribution >= 4 is 28.2 Å². The Bertz CT molecular complexity index is 719. The van der Waals surface area contributed by atoms with E-state index in [0.717, 1.165) is 16.7 Å². The Morgan fingerprint density at radius 3 is 2.55 bits per heavy atom. The van der Waals surface area contributed by atoms with Crippen LogP contribution in [0.1, 0.15) is 35.3 Å². The number of benzene rings is 1. The van der Waals surface area contributed by atoms with E-state index < -0.39 is 5.97 Å². The minimum absolute atomic E-state index is 0.209. The van der Waals surface area contributed by atoms with Gasteiger partial charge in [0.15, 0.2) is 0 Å². The molecule has 0 saturated heterocycles. The third kappa shape index (κ3) is 3.36. The average Bonchev–Trinajstić information content (AvgIpc) is 2.85. The number of carbonyl (C=O) groups is 2. The lowest BCUT2D eigenvalue weighted by Gasteiger charge is -2.09. The first-order chi connectivity index (χ1) is 10.4. The van der Waals surface area contributed by atoms with E-state index in [1.165, 1.54) is 23.8 Å². The summed E-state index contributed by atoms with van der Waals surface area (Å²) in [5.41, 5.74) is 4.50. The number of amides is 1. The average molecular weight is 317 g/mol. The molecule has 1 aromatic carbocycles. The fourth-order valence-corrected chi connectivity index (χ4v) is 3.14. The Balaban J connectivity index is 2.54. The standard InChI is InChI=1S/C17H19NO3S/c1-5-21-17(20)15-14(9-22-16(15)18-12(4)19)13-7-6-10(2)11(3)8-13/h6-9H,5H2,1-4H3,(H,18,19). The van der Waals surface area contributed by atoms with E-state index in [2.05, 4.69) is 5.32 Å². The van der Waals surface area contributed by atoms with Crippen molar-refractivity contribution in [3.63, 3.8) is 0 Å². The summed E-state index contributed by atoms with van der Waals surface area (Å²) < 4.78 is 5.14. The fraction of sp³-hybridized carbons (Fsp3) is 0.294. The van der Waals surface area contributed by atoms with Gasteiger partial charge < -0.3 is 10.1 Å². The molecule has 4 nitrogen and oxygen atoms in total. The summed E-state index contributed by atoms with van der Waals surface area (Å²) in [4.78, 5) is 23.6. The van der Waals surface area contributed by atoms with Crippen molar-refractivity contribution in [1.82, 2.24) is 0 Å². The van der Waals surface area contributed by atoms with E-state index in [9.17, 15) is 9.59 Å². The van der Waals surface area contributed by atoms with E-state index in [0.29, 0.717) is 17.2 Å². The molecule has 116 valence electrons. The molecule has 0 unspecified atom stereocenters. The van der Waals surface area contributed by atoms with Crippen molar-refractivity contribution in [3.8, 4) is 11.1 Å². The molecule has 0 aliphatic rings. The van der Waals surface area contributed by atoms with Crippen molar-refractivity contribution in [2.24, 2.45) is 0 Å². The van der Waals surface area contributed by atoms with E-state index >= 15 is 0 Å². The number of carbonyl (C=O) groups excluding carboxylic acids is 2. The molecular formula is C17H19NO3S. The van der Waals surface area contributed by atoms with Crippen molar-refractivity contribution in [3.05, 3.63) is 40.3 Å². The second-order valence-electron chi connectivity index (χ2n) is 5.05. The first-order valence-electron chi connectivity index (χ1n) is 7.07. The minimum Gasteiger partial charge on any atom is -0.462 e. The number of rotatable bonds is 4. The highest BCUT2D eigenvalue weighted by Gasteiger charge is 2.22. The van der Waals surface area contributed by atoms with Crippen molar-refractivity contribution in [2.45, 2.75) is 27.7 Å². The number of thiophene rings is 1. The van der Waals surface area contributed by atoms with Gasteiger partial charge in [-0.25, -0.2) is 4.79 Å². The van der Waals surface area contributed by atoms with E-state index in [1.54, 1.807) is 6.92 Å². The third-order valence-electron chi connectivity index (χ3n) is 3.38. The lowest BCUT2D eigenvalue weighted by Crippen LogP contribution is -2.11. The predicted molar refractivity (Wildman–Crippen MR) is 89.5 cm³/mol. The van der Waals surface area contributed by atoms with E-state index in [1.807, 2.05) is 37.4 Å². The molecule has 1 heterocycles. The molecule has 0 radical (unpaired) electrons. The van der Waals surface area contributed by atoms with Gasteiger partial charge in [0, 0.05) is 17.9 Å². The first kappa shape index (κ1) is 16.2. The number of anilines is 1. The number of hydrogen-bond donors (Lipinski definition) is 1. The van der Waals surface area contributed by atoms with Crippen LogP contribution < -0.4 is 5.32 Å². The van der Waals surface area contributed by atoms with Crippen LogP contribution in [0.5, 0.6) is 0 Å². The summed E-state index contributed by atoms with van der Waals surface area (Å²) in [5.74, 6) is -0.625. The number of aryl methyl sites for hydroxylation is 2. The van der Waals surface area contributed by atoms with Gasteiger partial charge in [-0.05, 0) is 37.5 Å². The number of ether oxygens (including phenoxy) is 1. The number of nitrogens with one attached hydrogen (secondary N) is 1. The van der Waals surface area contributed by atoms with E-state index in [-0.39, 0.29) is 5.91 Å². The maximum absolute atomic E-state index is 12.3. The highest BCUT2D eigenvalue weighted by Crippen LogP contribution is 2.36. The second kappa shape index (κ2) is 6.75. The first-order valence-corrected chi connectivity index (χ1v) is 7.95. The molecule has 1 aromatic heterocycles. The van der Waals surface area contributed by atoms with Crippen LogP contribution >= 0.6 is 11.3 Å². The van der Waals surface area contributed by atoms with Crippen LogP contribution in [0, 0.1) is 13.8 Å². The number of esters is 1. The zero-order chi connectivity index (χ0) is 16.3. The van der Waals surface area contributed by atoms with Crippen LogP contribution in [-0.4, -0.2) is 18.5 Å². The highest BCUT2D eigenvalue weighted by atomic mass is 32.1. The molecule has 1 N–H and O–H groups in total.